The van der Waals surface area contributed by atoms with Gasteiger partial charge in [-0.1, -0.05) is 42.0 Å². The number of nitriles is 1. The molecule has 0 aliphatic carbocycles. The van der Waals surface area contributed by atoms with Crippen LogP contribution in [-0.4, -0.2) is 36.5 Å². The largest absolute Gasteiger partial charge is 0.420 e. The van der Waals surface area contributed by atoms with Crippen molar-refractivity contribution in [2.45, 2.75) is 12.8 Å². The van der Waals surface area contributed by atoms with E-state index in [0.29, 0.717) is 11.5 Å². The number of hydrogen-bond donors (Lipinski definition) is 2. The molecule has 2 aliphatic heterocycles. The van der Waals surface area contributed by atoms with Crippen molar-refractivity contribution in [3.63, 3.8) is 0 Å². The number of allylic oxidation sites excluding steroid dienone is 1. The summed E-state index contributed by atoms with van der Waals surface area (Å²) in [6, 6.07) is 18.7. The predicted octanol–water partition coefficient (Wildman–Crippen LogP) is 3.44. The Balaban J connectivity index is 1.58. The minimum absolute atomic E-state index is 0.0965. The number of rotatable bonds is 3. The monoisotopic (exact) mass is 413 g/mol. The first-order valence-corrected chi connectivity index (χ1v) is 10.3. The van der Waals surface area contributed by atoms with Crippen molar-refractivity contribution in [1.29, 1.82) is 5.26 Å². The Bertz CT molecular complexity index is 1170. The fourth-order valence-corrected chi connectivity index (χ4v) is 4.22. The molecule has 3 heterocycles. The quantitative estimate of drug-likeness (QED) is 0.682. The number of nitrogens with two attached hydrogens (primary N) is 1. The Morgan fingerprint density at radius 2 is 1.81 bits per heavy atom. The van der Waals surface area contributed by atoms with E-state index in [1.165, 1.54) is 5.56 Å². The maximum absolute atomic E-state index is 9.89. The van der Waals surface area contributed by atoms with Crippen LogP contribution in [0.25, 0.3) is 11.3 Å². The van der Waals surface area contributed by atoms with Gasteiger partial charge in [-0.05, 0) is 24.6 Å². The minimum atomic E-state index is -0.359. The summed E-state index contributed by atoms with van der Waals surface area (Å²) in [5, 5.41) is 17.3. The number of hydrogen-bond acceptors (Lipinski definition) is 6. The summed E-state index contributed by atoms with van der Waals surface area (Å²) < 4.78 is 11.2. The molecular weight excluding hydrogens is 390 g/mol. The van der Waals surface area contributed by atoms with E-state index in [9.17, 15) is 5.26 Å². The first-order valence-electron chi connectivity index (χ1n) is 10.3. The number of nitrogens with one attached hydrogen (secondary N) is 1. The standard InChI is InChI=1S/C24H23N5O2/c1-15-2-4-17(5-3-15)22-21-20(19(14-25)23(26)31-24(21)28-27-22)16-6-8-18(9-7-16)29-10-12-30-13-11-29/h2-9,20H,10-13,26H2,1H3,(H,27,28)/t20-/m0/s1. The van der Waals surface area contributed by atoms with E-state index in [1.807, 2.05) is 31.2 Å². The molecule has 2 aliphatic rings. The van der Waals surface area contributed by atoms with Gasteiger partial charge in [0.25, 0.3) is 0 Å². The smallest absolute Gasteiger partial charge is 0.244 e. The first-order chi connectivity index (χ1) is 15.2. The molecule has 31 heavy (non-hydrogen) atoms. The Hall–Kier alpha value is -3.76. The summed E-state index contributed by atoms with van der Waals surface area (Å²) in [7, 11) is 0. The lowest BCUT2D eigenvalue weighted by Gasteiger charge is -2.29. The molecule has 0 bridgehead atoms. The van der Waals surface area contributed by atoms with Gasteiger partial charge in [-0.15, -0.1) is 5.10 Å². The molecule has 7 nitrogen and oxygen atoms in total. The van der Waals surface area contributed by atoms with Gasteiger partial charge in [0.05, 0.1) is 30.4 Å². The van der Waals surface area contributed by atoms with Crippen LogP contribution in [-0.2, 0) is 4.74 Å². The van der Waals surface area contributed by atoms with Crippen molar-refractivity contribution >= 4 is 5.69 Å². The SMILES string of the molecule is Cc1ccc(-c2[nH]nc3c2[C@@H](c2ccc(N4CCOCC4)cc2)C(C#N)=C(N)O3)cc1. The maximum atomic E-state index is 9.89. The van der Waals surface area contributed by atoms with Crippen LogP contribution >= 0.6 is 0 Å². The molecular formula is C24H23N5O2. The lowest BCUT2D eigenvalue weighted by Crippen LogP contribution is -2.36. The third-order valence-electron chi connectivity index (χ3n) is 5.88. The lowest BCUT2D eigenvalue weighted by molar-refractivity contribution is 0.122. The van der Waals surface area contributed by atoms with Gasteiger partial charge in [-0.3, -0.25) is 5.10 Å². The number of nitrogens with zero attached hydrogens (tertiary/aromatic N) is 3. The normalized spacial score (nSPS) is 18.3. The van der Waals surface area contributed by atoms with E-state index < -0.39 is 0 Å². The van der Waals surface area contributed by atoms with Crippen LogP contribution < -0.4 is 15.4 Å². The van der Waals surface area contributed by atoms with Gasteiger partial charge in [0.15, 0.2) is 0 Å². The number of aromatic nitrogens is 2. The molecule has 1 saturated heterocycles. The average molecular weight is 413 g/mol. The summed E-state index contributed by atoms with van der Waals surface area (Å²) in [5.74, 6) is 0.149. The molecule has 0 amide bonds. The van der Waals surface area contributed by atoms with Gasteiger partial charge in [-0.2, -0.15) is 5.26 Å². The Morgan fingerprint density at radius 1 is 1.10 bits per heavy atom. The Morgan fingerprint density at radius 3 is 2.48 bits per heavy atom. The second-order valence-electron chi connectivity index (χ2n) is 7.80. The highest BCUT2D eigenvalue weighted by molar-refractivity contribution is 5.71. The van der Waals surface area contributed by atoms with E-state index in [2.05, 4.69) is 45.4 Å². The van der Waals surface area contributed by atoms with Gasteiger partial charge in [0.2, 0.25) is 11.8 Å². The van der Waals surface area contributed by atoms with Crippen LogP contribution in [0.2, 0.25) is 0 Å². The number of morpholine rings is 1. The summed E-state index contributed by atoms with van der Waals surface area (Å²) in [5.41, 5.74) is 12.4. The minimum Gasteiger partial charge on any atom is -0.420 e. The van der Waals surface area contributed by atoms with Crippen molar-refractivity contribution < 1.29 is 9.47 Å². The number of aromatic amines is 1. The highest BCUT2D eigenvalue weighted by Crippen LogP contribution is 2.45. The number of fused-ring (bicyclic) bond motifs is 1. The fraction of sp³-hybridized carbons (Fsp3) is 0.250. The van der Waals surface area contributed by atoms with E-state index in [4.69, 9.17) is 15.2 Å². The zero-order valence-electron chi connectivity index (χ0n) is 17.3. The van der Waals surface area contributed by atoms with Crippen LogP contribution in [0.5, 0.6) is 5.88 Å². The molecule has 7 heteroatoms. The van der Waals surface area contributed by atoms with Crippen LogP contribution in [0.3, 0.4) is 0 Å². The topological polar surface area (TPSA) is 100 Å². The molecule has 0 spiro atoms. The highest BCUT2D eigenvalue weighted by atomic mass is 16.5. The van der Waals surface area contributed by atoms with E-state index in [0.717, 1.165) is 54.4 Å². The van der Waals surface area contributed by atoms with Crippen molar-refractivity contribution in [1.82, 2.24) is 10.2 Å². The zero-order chi connectivity index (χ0) is 21.4. The van der Waals surface area contributed by atoms with Crippen LogP contribution in [0.15, 0.2) is 60.0 Å². The van der Waals surface area contributed by atoms with Crippen LogP contribution in [0.1, 0.15) is 22.6 Å². The highest BCUT2D eigenvalue weighted by Gasteiger charge is 2.35. The van der Waals surface area contributed by atoms with Crippen molar-refractivity contribution in [2.75, 3.05) is 31.2 Å². The maximum Gasteiger partial charge on any atom is 0.244 e. The summed E-state index contributed by atoms with van der Waals surface area (Å²) >= 11 is 0. The molecule has 1 fully saturated rings. The summed E-state index contributed by atoms with van der Waals surface area (Å²) in [6.45, 7) is 5.26. The second kappa shape index (κ2) is 7.82. The number of aryl methyl sites for hydroxylation is 1. The second-order valence-corrected chi connectivity index (χ2v) is 7.80. The molecule has 1 atom stereocenters. The molecule has 3 N–H and O–H groups in total. The van der Waals surface area contributed by atoms with Crippen molar-refractivity contribution in [3.05, 3.63) is 76.7 Å². The number of anilines is 1. The molecule has 3 aromatic rings. The van der Waals surface area contributed by atoms with Gasteiger partial charge in [0.1, 0.15) is 11.6 Å². The summed E-state index contributed by atoms with van der Waals surface area (Å²) in [6.07, 6.45) is 0. The average Bonchev–Trinajstić information content (AvgIpc) is 3.22. The molecule has 0 radical (unpaired) electrons. The Labute approximate surface area is 180 Å². The molecule has 1 aromatic heterocycles. The van der Waals surface area contributed by atoms with Crippen LogP contribution in [0.4, 0.5) is 5.69 Å². The third kappa shape index (κ3) is 3.41. The van der Waals surface area contributed by atoms with Gasteiger partial charge >= 0.3 is 0 Å². The van der Waals surface area contributed by atoms with Gasteiger partial charge < -0.3 is 20.1 Å². The number of ether oxygens (including phenoxy) is 2. The van der Waals surface area contributed by atoms with Crippen molar-refractivity contribution in [2.24, 2.45) is 5.73 Å². The van der Waals surface area contributed by atoms with Crippen LogP contribution in [0, 0.1) is 18.3 Å². The summed E-state index contributed by atoms with van der Waals surface area (Å²) in [4.78, 5) is 2.30. The van der Waals surface area contributed by atoms with Gasteiger partial charge in [-0.25, -0.2) is 0 Å². The molecule has 156 valence electrons. The predicted molar refractivity (Wildman–Crippen MR) is 118 cm³/mol. The zero-order valence-corrected chi connectivity index (χ0v) is 17.3. The van der Waals surface area contributed by atoms with Gasteiger partial charge in [0, 0.05) is 24.3 Å². The fourth-order valence-electron chi connectivity index (χ4n) is 4.22. The molecule has 2 aromatic carbocycles. The third-order valence-corrected chi connectivity index (χ3v) is 5.88. The molecule has 0 saturated carbocycles. The van der Waals surface area contributed by atoms with E-state index in [-0.39, 0.29) is 11.8 Å². The first kappa shape index (κ1) is 19.2. The van der Waals surface area contributed by atoms with E-state index in [1.54, 1.807) is 0 Å². The number of benzene rings is 2. The van der Waals surface area contributed by atoms with E-state index >= 15 is 0 Å². The lowest BCUT2D eigenvalue weighted by atomic mass is 9.83. The van der Waals surface area contributed by atoms with Crippen molar-refractivity contribution in [3.8, 4) is 23.2 Å². The Kier molecular flexibility index (Phi) is 4.85. The molecule has 0 unspecified atom stereocenters. The number of H-pyrrole nitrogens is 1. The molecule has 5 rings (SSSR count).